The fourth-order valence-electron chi connectivity index (χ4n) is 4.14. The van der Waals surface area contributed by atoms with E-state index in [0.29, 0.717) is 30.0 Å². The van der Waals surface area contributed by atoms with Crippen molar-refractivity contribution in [2.24, 2.45) is 0 Å². The zero-order valence-electron chi connectivity index (χ0n) is 24.0. The van der Waals surface area contributed by atoms with Gasteiger partial charge in [-0.3, -0.25) is 9.59 Å². The molecule has 8 nitrogen and oxygen atoms in total. The number of ether oxygens (including phenoxy) is 2. The summed E-state index contributed by atoms with van der Waals surface area (Å²) in [6.07, 6.45) is 2.96. The lowest BCUT2D eigenvalue weighted by Gasteiger charge is -2.35. The van der Waals surface area contributed by atoms with Crippen LogP contribution in [0.5, 0.6) is 5.75 Å². The summed E-state index contributed by atoms with van der Waals surface area (Å²) < 4.78 is 10.6. The molecule has 3 amide bonds. The minimum atomic E-state index is -0.977. The fraction of sp³-hybridized carbons (Fsp3) is 0.500. The molecule has 0 aromatic heterocycles. The fourth-order valence-corrected chi connectivity index (χ4v) is 4.39. The largest absolute Gasteiger partial charge is 0.497 e. The van der Waals surface area contributed by atoms with Gasteiger partial charge in [-0.1, -0.05) is 50.5 Å². The number of thiol groups is 1. The zero-order valence-corrected chi connectivity index (χ0v) is 24.8. The van der Waals surface area contributed by atoms with Crippen LogP contribution in [-0.2, 0) is 14.3 Å². The number of carbonyl (C=O) groups excluding carboxylic acids is 3. The highest BCUT2D eigenvalue weighted by molar-refractivity contribution is 7.80. The molecule has 2 aromatic carbocycles. The Morgan fingerprint density at radius 1 is 1.00 bits per heavy atom. The molecule has 0 aliphatic rings. The average molecular weight is 558 g/mol. The Hall–Kier alpha value is -3.20. The number of anilines is 1. The van der Waals surface area contributed by atoms with Gasteiger partial charge in [-0.25, -0.2) is 4.79 Å². The second-order valence-electron chi connectivity index (χ2n) is 10.5. The van der Waals surface area contributed by atoms with Gasteiger partial charge >= 0.3 is 6.09 Å². The van der Waals surface area contributed by atoms with E-state index in [1.807, 2.05) is 31.2 Å². The zero-order chi connectivity index (χ0) is 29.0. The summed E-state index contributed by atoms with van der Waals surface area (Å²) in [5, 5.41) is 5.62. The second-order valence-corrected chi connectivity index (χ2v) is 10.8. The predicted octanol–water partition coefficient (Wildman–Crippen LogP) is 5.92. The Labute approximate surface area is 238 Å². The molecule has 39 heavy (non-hydrogen) atoms. The van der Waals surface area contributed by atoms with Gasteiger partial charge in [-0.05, 0) is 69.5 Å². The lowest BCUT2D eigenvalue weighted by atomic mass is 9.97. The highest BCUT2D eigenvalue weighted by atomic mass is 32.1. The third kappa shape index (κ3) is 10.1. The molecule has 2 unspecified atom stereocenters. The molecular formula is C30H43N3O5S. The van der Waals surface area contributed by atoms with Crippen molar-refractivity contribution in [2.45, 2.75) is 78.0 Å². The van der Waals surface area contributed by atoms with Gasteiger partial charge in [0, 0.05) is 18.0 Å². The van der Waals surface area contributed by atoms with E-state index in [-0.39, 0.29) is 11.7 Å². The third-order valence-corrected chi connectivity index (χ3v) is 6.47. The topological polar surface area (TPSA) is 97.0 Å². The number of methoxy groups -OCH3 is 1. The van der Waals surface area contributed by atoms with E-state index in [2.05, 4.69) is 30.2 Å². The Morgan fingerprint density at radius 3 is 2.23 bits per heavy atom. The first-order chi connectivity index (χ1) is 18.5. The number of hydrogen-bond acceptors (Lipinski definition) is 6. The third-order valence-electron chi connectivity index (χ3n) is 6.11. The summed E-state index contributed by atoms with van der Waals surface area (Å²) in [6, 6.07) is 12.6. The van der Waals surface area contributed by atoms with Crippen LogP contribution in [0.4, 0.5) is 10.5 Å². The van der Waals surface area contributed by atoms with Crippen LogP contribution >= 0.6 is 12.6 Å². The maximum atomic E-state index is 14.0. The standard InChI is InChI=1S/C30H43N3O5S/c1-7-8-9-12-19-33(28(35)25(20-39)32-29(36)38-30(3,4)5)26(24-14-11-10-13-21(24)2)27(34)31-22-15-17-23(37-6)18-16-22/h10-11,13-18,25-26,39H,7-9,12,19-20H2,1-6H3,(H,31,34)(H,32,36). The quantitative estimate of drug-likeness (QED) is 0.210. The average Bonchev–Trinajstić information content (AvgIpc) is 2.88. The van der Waals surface area contributed by atoms with Gasteiger partial charge < -0.3 is 25.0 Å². The molecule has 0 heterocycles. The van der Waals surface area contributed by atoms with Gasteiger partial charge in [0.05, 0.1) is 7.11 Å². The number of nitrogens with zero attached hydrogens (tertiary/aromatic N) is 1. The lowest BCUT2D eigenvalue weighted by molar-refractivity contribution is -0.140. The van der Waals surface area contributed by atoms with Crippen LogP contribution in [0.2, 0.25) is 0 Å². The van der Waals surface area contributed by atoms with Crippen molar-refractivity contribution in [2.75, 3.05) is 24.7 Å². The molecule has 2 aromatic rings. The molecule has 2 rings (SSSR count). The van der Waals surface area contributed by atoms with E-state index < -0.39 is 29.7 Å². The van der Waals surface area contributed by atoms with Crippen LogP contribution in [-0.4, -0.2) is 53.9 Å². The van der Waals surface area contributed by atoms with Crippen molar-refractivity contribution >= 4 is 36.2 Å². The molecule has 0 radical (unpaired) electrons. The van der Waals surface area contributed by atoms with Crippen molar-refractivity contribution in [3.05, 3.63) is 59.7 Å². The van der Waals surface area contributed by atoms with Crippen molar-refractivity contribution < 1.29 is 23.9 Å². The molecule has 9 heteroatoms. The van der Waals surface area contributed by atoms with Crippen LogP contribution in [0.25, 0.3) is 0 Å². The molecule has 0 fully saturated rings. The number of nitrogens with one attached hydrogen (secondary N) is 2. The number of carbonyl (C=O) groups is 3. The summed E-state index contributed by atoms with van der Waals surface area (Å²) in [4.78, 5) is 42.0. The summed E-state index contributed by atoms with van der Waals surface area (Å²) in [6.45, 7) is 9.63. The Balaban J connectivity index is 2.47. The molecule has 0 bridgehead atoms. The Kier molecular flexibility index (Phi) is 12.6. The van der Waals surface area contributed by atoms with Crippen LogP contribution in [0, 0.1) is 6.92 Å². The summed E-state index contributed by atoms with van der Waals surface area (Å²) in [7, 11) is 1.58. The van der Waals surface area contributed by atoms with E-state index in [4.69, 9.17) is 9.47 Å². The van der Waals surface area contributed by atoms with Gasteiger partial charge in [0.2, 0.25) is 5.91 Å². The van der Waals surface area contributed by atoms with Gasteiger partial charge in [0.15, 0.2) is 0 Å². The number of benzene rings is 2. The Bertz CT molecular complexity index is 1080. The first-order valence-corrected chi connectivity index (χ1v) is 14.0. The molecule has 0 spiro atoms. The van der Waals surface area contributed by atoms with Gasteiger partial charge in [0.1, 0.15) is 23.4 Å². The highest BCUT2D eigenvalue weighted by Gasteiger charge is 2.36. The Morgan fingerprint density at radius 2 is 1.67 bits per heavy atom. The highest BCUT2D eigenvalue weighted by Crippen LogP contribution is 2.28. The molecule has 2 atom stereocenters. The lowest BCUT2D eigenvalue weighted by Crippen LogP contribution is -2.53. The number of hydrogen-bond donors (Lipinski definition) is 3. The second kappa shape index (κ2) is 15.4. The monoisotopic (exact) mass is 557 g/mol. The minimum absolute atomic E-state index is 0.0458. The number of rotatable bonds is 13. The number of amides is 3. The van der Waals surface area contributed by atoms with E-state index >= 15 is 0 Å². The van der Waals surface area contributed by atoms with Gasteiger partial charge in [0.25, 0.3) is 5.91 Å². The van der Waals surface area contributed by atoms with Crippen molar-refractivity contribution in [1.29, 1.82) is 0 Å². The minimum Gasteiger partial charge on any atom is -0.497 e. The van der Waals surface area contributed by atoms with Gasteiger partial charge in [-0.15, -0.1) is 0 Å². The summed E-state index contributed by atoms with van der Waals surface area (Å²) >= 11 is 4.36. The molecule has 0 saturated heterocycles. The van der Waals surface area contributed by atoms with Crippen LogP contribution in [0.1, 0.15) is 70.5 Å². The van der Waals surface area contributed by atoms with Crippen LogP contribution in [0.15, 0.2) is 48.5 Å². The number of alkyl carbamates (subject to hydrolysis) is 1. The molecular weight excluding hydrogens is 514 g/mol. The SMILES string of the molecule is CCCCCCN(C(=O)C(CS)NC(=O)OC(C)(C)C)C(C(=O)Nc1ccc(OC)cc1)c1ccccc1C. The van der Waals surface area contributed by atoms with E-state index in [1.165, 1.54) is 0 Å². The molecule has 0 saturated carbocycles. The normalized spacial score (nSPS) is 12.7. The van der Waals surface area contributed by atoms with E-state index in [0.717, 1.165) is 24.8 Å². The molecule has 2 N–H and O–H groups in total. The van der Waals surface area contributed by atoms with Gasteiger partial charge in [-0.2, -0.15) is 12.6 Å². The molecule has 214 valence electrons. The predicted molar refractivity (Wildman–Crippen MR) is 158 cm³/mol. The maximum absolute atomic E-state index is 14.0. The van der Waals surface area contributed by atoms with E-state index in [1.54, 1.807) is 57.0 Å². The van der Waals surface area contributed by atoms with E-state index in [9.17, 15) is 14.4 Å². The number of aryl methyl sites for hydroxylation is 1. The molecule has 0 aliphatic heterocycles. The number of unbranched alkanes of at least 4 members (excludes halogenated alkanes) is 3. The first kappa shape index (κ1) is 32.0. The summed E-state index contributed by atoms with van der Waals surface area (Å²) in [5.74, 6) is -0.0376. The summed E-state index contributed by atoms with van der Waals surface area (Å²) in [5.41, 5.74) is 1.44. The van der Waals surface area contributed by atoms with Crippen LogP contribution < -0.4 is 15.4 Å². The molecule has 0 aliphatic carbocycles. The first-order valence-electron chi connectivity index (χ1n) is 13.4. The maximum Gasteiger partial charge on any atom is 0.408 e. The van der Waals surface area contributed by atoms with Crippen molar-refractivity contribution in [1.82, 2.24) is 10.2 Å². The van der Waals surface area contributed by atoms with Crippen LogP contribution in [0.3, 0.4) is 0 Å². The van der Waals surface area contributed by atoms with Crippen molar-refractivity contribution in [3.8, 4) is 5.75 Å². The van der Waals surface area contributed by atoms with Crippen molar-refractivity contribution in [3.63, 3.8) is 0 Å². The smallest absolute Gasteiger partial charge is 0.408 e.